The van der Waals surface area contributed by atoms with Crippen molar-refractivity contribution in [2.45, 2.75) is 84.8 Å². The van der Waals surface area contributed by atoms with Gasteiger partial charge in [-0.1, -0.05) is 13.8 Å². The highest BCUT2D eigenvalue weighted by Crippen LogP contribution is 2.34. The SMILES string of the molecule is CCC(CC)(CCC1CCCO1)CNC(C)(C)C. The quantitative estimate of drug-likeness (QED) is 0.738. The van der Waals surface area contributed by atoms with E-state index in [9.17, 15) is 0 Å². The fraction of sp³-hybridized carbons (Fsp3) is 1.00. The Bertz CT molecular complexity index is 222. The van der Waals surface area contributed by atoms with Crippen molar-refractivity contribution < 1.29 is 4.74 Å². The third-order valence-corrected chi connectivity index (χ3v) is 4.51. The van der Waals surface area contributed by atoms with Crippen LogP contribution in [0.3, 0.4) is 0 Å². The van der Waals surface area contributed by atoms with Gasteiger partial charge in [0.1, 0.15) is 0 Å². The molecule has 0 bridgehead atoms. The predicted octanol–water partition coefficient (Wildman–Crippen LogP) is 4.14. The molecule has 1 N–H and O–H groups in total. The lowest BCUT2D eigenvalue weighted by molar-refractivity contribution is 0.0830. The molecule has 0 aromatic heterocycles. The van der Waals surface area contributed by atoms with Gasteiger partial charge in [0.2, 0.25) is 0 Å². The zero-order valence-electron chi connectivity index (χ0n) is 13.1. The summed E-state index contributed by atoms with van der Waals surface area (Å²) < 4.78 is 5.76. The van der Waals surface area contributed by atoms with Gasteiger partial charge >= 0.3 is 0 Å². The van der Waals surface area contributed by atoms with Crippen LogP contribution in [0.15, 0.2) is 0 Å². The van der Waals surface area contributed by atoms with Gasteiger partial charge in [-0.15, -0.1) is 0 Å². The van der Waals surface area contributed by atoms with Crippen LogP contribution in [0.2, 0.25) is 0 Å². The van der Waals surface area contributed by atoms with Crippen molar-refractivity contribution in [1.82, 2.24) is 5.32 Å². The average Bonchev–Trinajstić information content (AvgIpc) is 2.82. The molecule has 0 saturated carbocycles. The lowest BCUT2D eigenvalue weighted by Crippen LogP contribution is -2.44. The molecule has 0 aliphatic carbocycles. The highest BCUT2D eigenvalue weighted by molar-refractivity contribution is 4.84. The summed E-state index contributed by atoms with van der Waals surface area (Å²) in [7, 11) is 0. The van der Waals surface area contributed by atoms with Gasteiger partial charge in [-0.2, -0.15) is 0 Å². The summed E-state index contributed by atoms with van der Waals surface area (Å²) >= 11 is 0. The van der Waals surface area contributed by atoms with Gasteiger partial charge in [0.15, 0.2) is 0 Å². The summed E-state index contributed by atoms with van der Waals surface area (Å²) in [5.41, 5.74) is 0.679. The molecule has 0 aromatic rings. The summed E-state index contributed by atoms with van der Waals surface area (Å²) in [5, 5.41) is 3.70. The summed E-state index contributed by atoms with van der Waals surface area (Å²) in [6.07, 6.45) is 8.14. The third kappa shape index (κ3) is 5.27. The lowest BCUT2D eigenvalue weighted by Gasteiger charge is -2.36. The van der Waals surface area contributed by atoms with Crippen LogP contribution in [0.25, 0.3) is 0 Å². The van der Waals surface area contributed by atoms with E-state index in [0.717, 1.165) is 13.2 Å². The Morgan fingerprint density at radius 3 is 2.28 bits per heavy atom. The highest BCUT2D eigenvalue weighted by atomic mass is 16.5. The summed E-state index contributed by atoms with van der Waals surface area (Å²) in [4.78, 5) is 0. The van der Waals surface area contributed by atoms with Crippen molar-refractivity contribution in [2.75, 3.05) is 13.2 Å². The van der Waals surface area contributed by atoms with Crippen LogP contribution < -0.4 is 5.32 Å². The number of rotatable bonds is 7. The second kappa shape index (κ2) is 6.91. The fourth-order valence-corrected chi connectivity index (χ4v) is 2.73. The Labute approximate surface area is 114 Å². The maximum Gasteiger partial charge on any atom is 0.0576 e. The summed E-state index contributed by atoms with van der Waals surface area (Å²) in [5.74, 6) is 0. The summed E-state index contributed by atoms with van der Waals surface area (Å²) in [6, 6.07) is 0. The zero-order valence-corrected chi connectivity index (χ0v) is 13.1. The van der Waals surface area contributed by atoms with Gasteiger partial charge in [-0.05, 0) is 64.7 Å². The van der Waals surface area contributed by atoms with Gasteiger partial charge in [0, 0.05) is 18.7 Å². The van der Waals surface area contributed by atoms with E-state index in [1.54, 1.807) is 0 Å². The molecule has 1 aliphatic rings. The van der Waals surface area contributed by atoms with E-state index in [4.69, 9.17) is 4.74 Å². The van der Waals surface area contributed by atoms with Crippen LogP contribution in [0.4, 0.5) is 0 Å². The molecule has 1 atom stereocenters. The maximum atomic E-state index is 5.76. The Morgan fingerprint density at radius 1 is 1.17 bits per heavy atom. The zero-order chi connectivity index (χ0) is 13.6. The molecule has 0 aromatic carbocycles. The van der Waals surface area contributed by atoms with E-state index in [1.807, 2.05) is 0 Å². The average molecular weight is 255 g/mol. The van der Waals surface area contributed by atoms with Crippen LogP contribution in [-0.4, -0.2) is 24.8 Å². The van der Waals surface area contributed by atoms with Crippen LogP contribution >= 0.6 is 0 Å². The van der Waals surface area contributed by atoms with E-state index in [0.29, 0.717) is 11.5 Å². The van der Waals surface area contributed by atoms with Gasteiger partial charge in [0.25, 0.3) is 0 Å². The molecule has 1 saturated heterocycles. The number of nitrogens with one attached hydrogen (secondary N) is 1. The molecule has 0 radical (unpaired) electrons. The smallest absolute Gasteiger partial charge is 0.0576 e. The second-order valence-electron chi connectivity index (χ2n) is 6.98. The molecule has 0 amide bonds. The van der Waals surface area contributed by atoms with Crippen LogP contribution in [0.5, 0.6) is 0 Å². The first-order valence-corrected chi connectivity index (χ1v) is 7.77. The van der Waals surface area contributed by atoms with Crippen molar-refractivity contribution in [2.24, 2.45) is 5.41 Å². The van der Waals surface area contributed by atoms with Crippen molar-refractivity contribution in [3.8, 4) is 0 Å². The topological polar surface area (TPSA) is 21.3 Å². The minimum atomic E-state index is 0.222. The molecule has 2 heteroatoms. The Kier molecular flexibility index (Phi) is 6.13. The standard InChI is InChI=1S/C16H33NO/c1-6-16(7-2,13-17-15(3,4)5)11-10-14-9-8-12-18-14/h14,17H,6-13H2,1-5H3. The van der Waals surface area contributed by atoms with Gasteiger partial charge in [-0.25, -0.2) is 0 Å². The van der Waals surface area contributed by atoms with Crippen LogP contribution in [0, 0.1) is 5.41 Å². The Balaban J connectivity index is 2.44. The monoisotopic (exact) mass is 255 g/mol. The van der Waals surface area contributed by atoms with Gasteiger partial charge in [0.05, 0.1) is 6.10 Å². The molecule has 1 aliphatic heterocycles. The van der Waals surface area contributed by atoms with Crippen molar-refractivity contribution in [3.63, 3.8) is 0 Å². The first-order chi connectivity index (χ1) is 8.41. The first-order valence-electron chi connectivity index (χ1n) is 7.77. The maximum absolute atomic E-state index is 5.76. The first kappa shape index (κ1) is 16.0. The van der Waals surface area contributed by atoms with Crippen LogP contribution in [-0.2, 0) is 4.74 Å². The molecule has 1 fully saturated rings. The van der Waals surface area contributed by atoms with E-state index in [1.165, 1.54) is 38.5 Å². The lowest BCUT2D eigenvalue weighted by atomic mass is 9.77. The fourth-order valence-electron chi connectivity index (χ4n) is 2.73. The van der Waals surface area contributed by atoms with Crippen molar-refractivity contribution in [1.29, 1.82) is 0 Å². The number of hydrogen-bond acceptors (Lipinski definition) is 2. The largest absolute Gasteiger partial charge is 0.378 e. The van der Waals surface area contributed by atoms with Crippen LogP contribution in [0.1, 0.15) is 73.1 Å². The minimum Gasteiger partial charge on any atom is -0.378 e. The molecular weight excluding hydrogens is 222 g/mol. The molecule has 18 heavy (non-hydrogen) atoms. The molecular formula is C16H33NO. The molecule has 1 rings (SSSR count). The van der Waals surface area contributed by atoms with Gasteiger partial charge in [-0.3, -0.25) is 0 Å². The van der Waals surface area contributed by atoms with Crippen molar-refractivity contribution >= 4 is 0 Å². The molecule has 1 unspecified atom stereocenters. The second-order valence-corrected chi connectivity index (χ2v) is 6.98. The van der Waals surface area contributed by atoms with Gasteiger partial charge < -0.3 is 10.1 Å². The number of hydrogen-bond donors (Lipinski definition) is 1. The van der Waals surface area contributed by atoms with E-state index in [-0.39, 0.29) is 5.54 Å². The minimum absolute atomic E-state index is 0.222. The van der Waals surface area contributed by atoms with E-state index >= 15 is 0 Å². The Morgan fingerprint density at radius 2 is 1.83 bits per heavy atom. The predicted molar refractivity (Wildman–Crippen MR) is 79.0 cm³/mol. The Hall–Kier alpha value is -0.0800. The molecule has 0 spiro atoms. The third-order valence-electron chi connectivity index (χ3n) is 4.51. The molecule has 1 heterocycles. The van der Waals surface area contributed by atoms with Crippen molar-refractivity contribution in [3.05, 3.63) is 0 Å². The molecule has 108 valence electrons. The molecule has 2 nitrogen and oxygen atoms in total. The van der Waals surface area contributed by atoms with E-state index in [2.05, 4.69) is 39.9 Å². The summed E-state index contributed by atoms with van der Waals surface area (Å²) in [6.45, 7) is 13.6. The highest BCUT2D eigenvalue weighted by Gasteiger charge is 2.29. The number of ether oxygens (including phenoxy) is 1. The van der Waals surface area contributed by atoms with E-state index < -0.39 is 0 Å². The normalized spacial score (nSPS) is 21.5.